The SMILES string of the molecule is Cc1cc(C)c(NC(=S)N(Cc2cn(C)c3ccccc23)C(C)C)c(C)c1. The zero-order chi connectivity index (χ0) is 19.7. The van der Waals surface area contributed by atoms with Gasteiger partial charge in [0.2, 0.25) is 0 Å². The summed E-state index contributed by atoms with van der Waals surface area (Å²) in [4.78, 5) is 2.26. The molecule has 2 aromatic carbocycles. The molecule has 1 heterocycles. The third-order valence-electron chi connectivity index (χ3n) is 5.11. The number of nitrogens with one attached hydrogen (secondary N) is 1. The Labute approximate surface area is 168 Å². The molecule has 0 bridgehead atoms. The van der Waals surface area contributed by atoms with Gasteiger partial charge in [0.15, 0.2) is 5.11 Å². The van der Waals surface area contributed by atoms with Crippen LogP contribution in [0.1, 0.15) is 36.1 Å². The van der Waals surface area contributed by atoms with Crippen LogP contribution in [0.15, 0.2) is 42.6 Å². The fraction of sp³-hybridized carbons (Fsp3) is 0.348. The third kappa shape index (κ3) is 4.01. The highest BCUT2D eigenvalue weighted by atomic mass is 32.1. The van der Waals surface area contributed by atoms with E-state index in [4.69, 9.17) is 12.2 Å². The van der Waals surface area contributed by atoms with Crippen molar-refractivity contribution in [1.29, 1.82) is 0 Å². The molecule has 0 amide bonds. The number of fused-ring (bicyclic) bond motifs is 1. The van der Waals surface area contributed by atoms with Crippen LogP contribution in [0.2, 0.25) is 0 Å². The van der Waals surface area contributed by atoms with Crippen molar-refractivity contribution in [3.63, 3.8) is 0 Å². The van der Waals surface area contributed by atoms with E-state index in [0.29, 0.717) is 6.04 Å². The number of anilines is 1. The summed E-state index contributed by atoms with van der Waals surface area (Å²) in [6.07, 6.45) is 2.21. The van der Waals surface area contributed by atoms with Crippen LogP contribution in [-0.4, -0.2) is 20.6 Å². The molecule has 27 heavy (non-hydrogen) atoms. The molecule has 0 spiro atoms. The summed E-state index contributed by atoms with van der Waals surface area (Å²) in [6, 6.07) is 13.2. The van der Waals surface area contributed by atoms with E-state index >= 15 is 0 Å². The van der Waals surface area contributed by atoms with Gasteiger partial charge in [-0.3, -0.25) is 0 Å². The molecule has 3 nitrogen and oxygen atoms in total. The monoisotopic (exact) mass is 379 g/mol. The molecule has 0 atom stereocenters. The lowest BCUT2D eigenvalue weighted by atomic mass is 10.1. The van der Waals surface area contributed by atoms with E-state index in [1.807, 2.05) is 0 Å². The highest BCUT2D eigenvalue weighted by Gasteiger charge is 2.18. The standard InChI is InChI=1S/C23H29N3S/c1-15(2)26(14-19-13-25(6)21-10-8-7-9-20(19)21)23(27)24-22-17(4)11-16(3)12-18(22)5/h7-13,15H,14H2,1-6H3,(H,24,27). The van der Waals surface area contributed by atoms with E-state index in [-0.39, 0.29) is 0 Å². The van der Waals surface area contributed by atoms with Crippen LogP contribution in [0.3, 0.4) is 0 Å². The Balaban J connectivity index is 1.88. The maximum absolute atomic E-state index is 5.82. The minimum absolute atomic E-state index is 0.301. The first kappa shape index (κ1) is 19.4. The smallest absolute Gasteiger partial charge is 0.173 e. The molecule has 0 radical (unpaired) electrons. The van der Waals surface area contributed by atoms with Gasteiger partial charge in [0.25, 0.3) is 0 Å². The Morgan fingerprint density at radius 3 is 2.37 bits per heavy atom. The van der Waals surface area contributed by atoms with Crippen LogP contribution in [0, 0.1) is 20.8 Å². The highest BCUT2D eigenvalue weighted by molar-refractivity contribution is 7.80. The largest absolute Gasteiger partial charge is 0.350 e. The second-order valence-corrected chi connectivity index (χ2v) is 8.09. The Morgan fingerprint density at radius 2 is 1.74 bits per heavy atom. The van der Waals surface area contributed by atoms with Gasteiger partial charge in [0, 0.05) is 42.4 Å². The topological polar surface area (TPSA) is 20.2 Å². The van der Waals surface area contributed by atoms with Gasteiger partial charge < -0.3 is 14.8 Å². The first-order chi connectivity index (χ1) is 12.8. The average molecular weight is 380 g/mol. The van der Waals surface area contributed by atoms with Gasteiger partial charge in [-0.1, -0.05) is 35.9 Å². The van der Waals surface area contributed by atoms with Gasteiger partial charge in [-0.05, 0) is 69.6 Å². The van der Waals surface area contributed by atoms with Crippen molar-refractivity contribution in [2.45, 2.75) is 47.2 Å². The molecule has 1 aromatic heterocycles. The lowest BCUT2D eigenvalue weighted by Gasteiger charge is -2.30. The quantitative estimate of drug-likeness (QED) is 0.586. The zero-order valence-corrected chi connectivity index (χ0v) is 17.9. The Bertz CT molecular complexity index is 961. The maximum atomic E-state index is 5.82. The molecule has 0 aliphatic carbocycles. The van der Waals surface area contributed by atoms with Gasteiger partial charge in [-0.2, -0.15) is 0 Å². The summed E-state index contributed by atoms with van der Waals surface area (Å²) in [6.45, 7) is 11.6. The van der Waals surface area contributed by atoms with Crippen molar-refractivity contribution in [2.75, 3.05) is 5.32 Å². The van der Waals surface area contributed by atoms with Crippen LogP contribution in [0.25, 0.3) is 10.9 Å². The molecular weight excluding hydrogens is 350 g/mol. The summed E-state index contributed by atoms with van der Waals surface area (Å²) >= 11 is 5.82. The van der Waals surface area contributed by atoms with Gasteiger partial charge in [0.05, 0.1) is 0 Å². The number of benzene rings is 2. The zero-order valence-electron chi connectivity index (χ0n) is 17.1. The molecule has 0 aliphatic heterocycles. The van der Waals surface area contributed by atoms with Crippen molar-refractivity contribution >= 4 is 33.9 Å². The molecule has 0 saturated carbocycles. The highest BCUT2D eigenvalue weighted by Crippen LogP contribution is 2.25. The summed E-state index contributed by atoms with van der Waals surface area (Å²) in [5.74, 6) is 0. The molecule has 3 aromatic rings. The van der Waals surface area contributed by atoms with Crippen molar-refractivity contribution in [2.24, 2.45) is 7.05 Å². The fourth-order valence-electron chi connectivity index (χ4n) is 3.78. The molecule has 142 valence electrons. The predicted molar refractivity (Wildman–Crippen MR) is 120 cm³/mol. The fourth-order valence-corrected chi connectivity index (χ4v) is 4.16. The Kier molecular flexibility index (Phi) is 5.56. The van der Waals surface area contributed by atoms with Crippen molar-refractivity contribution in [3.8, 4) is 0 Å². The summed E-state index contributed by atoms with van der Waals surface area (Å²) < 4.78 is 2.19. The van der Waals surface area contributed by atoms with Gasteiger partial charge in [-0.15, -0.1) is 0 Å². The summed E-state index contributed by atoms with van der Waals surface area (Å²) in [5.41, 5.74) is 7.39. The molecule has 3 rings (SSSR count). The molecule has 0 aliphatic rings. The molecule has 4 heteroatoms. The normalized spacial score (nSPS) is 11.2. The van der Waals surface area contributed by atoms with Gasteiger partial charge in [0.1, 0.15) is 0 Å². The van der Waals surface area contributed by atoms with Crippen LogP contribution in [0.5, 0.6) is 0 Å². The number of hydrogen-bond acceptors (Lipinski definition) is 1. The predicted octanol–water partition coefficient (Wildman–Crippen LogP) is 5.71. The third-order valence-corrected chi connectivity index (χ3v) is 5.45. The molecule has 1 N–H and O–H groups in total. The Morgan fingerprint density at radius 1 is 1.11 bits per heavy atom. The van der Waals surface area contributed by atoms with Crippen LogP contribution < -0.4 is 5.32 Å². The van der Waals surface area contributed by atoms with Crippen molar-refractivity contribution in [1.82, 2.24) is 9.47 Å². The minimum atomic E-state index is 0.301. The van der Waals surface area contributed by atoms with E-state index in [2.05, 4.69) is 99.0 Å². The molecule has 0 unspecified atom stereocenters. The lowest BCUT2D eigenvalue weighted by molar-refractivity contribution is 0.349. The van der Waals surface area contributed by atoms with E-state index in [0.717, 1.165) is 17.3 Å². The van der Waals surface area contributed by atoms with Gasteiger partial charge in [-0.25, -0.2) is 0 Å². The average Bonchev–Trinajstić information content (AvgIpc) is 2.92. The number of hydrogen-bond donors (Lipinski definition) is 1. The van der Waals surface area contributed by atoms with Crippen LogP contribution in [-0.2, 0) is 13.6 Å². The van der Waals surface area contributed by atoms with E-state index < -0.39 is 0 Å². The first-order valence-electron chi connectivity index (χ1n) is 9.46. The summed E-state index contributed by atoms with van der Waals surface area (Å²) in [5, 5.41) is 5.57. The molecule has 0 saturated heterocycles. The number of nitrogens with zero attached hydrogens (tertiary/aromatic N) is 2. The van der Waals surface area contributed by atoms with Crippen molar-refractivity contribution < 1.29 is 0 Å². The number of aryl methyl sites for hydroxylation is 4. The van der Waals surface area contributed by atoms with E-state index in [1.165, 1.54) is 33.2 Å². The number of rotatable bonds is 4. The lowest BCUT2D eigenvalue weighted by Crippen LogP contribution is -2.39. The van der Waals surface area contributed by atoms with E-state index in [9.17, 15) is 0 Å². The maximum Gasteiger partial charge on any atom is 0.173 e. The number of para-hydroxylation sites is 1. The number of aromatic nitrogens is 1. The van der Waals surface area contributed by atoms with E-state index in [1.54, 1.807) is 0 Å². The Hall–Kier alpha value is -2.33. The molecule has 0 fully saturated rings. The van der Waals surface area contributed by atoms with Crippen LogP contribution >= 0.6 is 12.2 Å². The summed E-state index contributed by atoms with van der Waals surface area (Å²) in [7, 11) is 2.10. The number of thiocarbonyl (C=S) groups is 1. The first-order valence-corrected chi connectivity index (χ1v) is 9.87. The second kappa shape index (κ2) is 7.73. The second-order valence-electron chi connectivity index (χ2n) is 7.71. The molecular formula is C23H29N3S. The minimum Gasteiger partial charge on any atom is -0.350 e. The van der Waals surface area contributed by atoms with Crippen LogP contribution in [0.4, 0.5) is 5.69 Å². The van der Waals surface area contributed by atoms with Gasteiger partial charge >= 0.3 is 0 Å². The van der Waals surface area contributed by atoms with Crippen molar-refractivity contribution in [3.05, 3.63) is 64.8 Å².